The highest BCUT2D eigenvalue weighted by Crippen LogP contribution is 2.43. The third-order valence-electron chi connectivity index (χ3n) is 5.19. The van der Waals surface area contributed by atoms with Gasteiger partial charge in [-0.25, -0.2) is 8.78 Å². The Morgan fingerprint density at radius 1 is 0.885 bits per heavy atom. The van der Waals surface area contributed by atoms with E-state index in [1.807, 2.05) is 6.92 Å². The topological polar surface area (TPSA) is 18.5 Å². The Bertz CT molecular complexity index is 768. The zero-order valence-electron chi connectivity index (χ0n) is 15.0. The van der Waals surface area contributed by atoms with Crippen molar-refractivity contribution in [2.45, 2.75) is 44.4 Å². The number of hydrogen-bond donors (Lipinski definition) is 0. The molecule has 0 atom stereocenters. The second kappa shape index (κ2) is 8.02. The molecule has 1 fully saturated rings. The van der Waals surface area contributed by atoms with Crippen molar-refractivity contribution >= 4 is 0 Å². The van der Waals surface area contributed by atoms with Gasteiger partial charge in [-0.1, -0.05) is 12.1 Å². The van der Waals surface area contributed by atoms with E-state index in [0.29, 0.717) is 36.3 Å². The molecule has 5 heteroatoms. The number of hydrogen-bond acceptors (Lipinski definition) is 2. The fourth-order valence-electron chi connectivity index (χ4n) is 3.83. The molecule has 1 saturated carbocycles. The van der Waals surface area contributed by atoms with Gasteiger partial charge in [-0.05, 0) is 67.7 Å². The number of rotatable bonds is 5. The molecule has 0 aliphatic heterocycles. The van der Waals surface area contributed by atoms with Crippen LogP contribution in [0.25, 0.3) is 0 Å². The maximum atomic E-state index is 14.4. The Morgan fingerprint density at radius 3 is 2.08 bits per heavy atom. The molecular formula is C21H23F3O2. The number of halogens is 3. The first-order valence-electron chi connectivity index (χ1n) is 8.99. The van der Waals surface area contributed by atoms with Crippen molar-refractivity contribution in [2.24, 2.45) is 0 Å². The van der Waals surface area contributed by atoms with E-state index in [1.165, 1.54) is 19.2 Å². The lowest BCUT2D eigenvalue weighted by Crippen LogP contribution is -2.15. The summed E-state index contributed by atoms with van der Waals surface area (Å²) in [4.78, 5) is 0. The van der Waals surface area contributed by atoms with E-state index in [1.54, 1.807) is 18.2 Å². The summed E-state index contributed by atoms with van der Waals surface area (Å²) in [5, 5.41) is 0. The Morgan fingerprint density at radius 2 is 1.50 bits per heavy atom. The molecule has 0 heterocycles. The smallest absolute Gasteiger partial charge is 0.200 e. The Kier molecular flexibility index (Phi) is 5.74. The number of ether oxygens (including phenoxy) is 2. The SMILES string of the molecule is CCOc1ccc(C2CCC(c3ccc(OC)c(F)c3F)CC2)c(F)c1. The molecule has 3 rings (SSSR count). The standard InChI is InChI=1S/C21H23F3O2/c1-3-26-15-8-9-16(18(22)12-15)13-4-6-14(7-5-13)17-10-11-19(25-2)21(24)20(17)23/h8-14H,3-7H2,1-2H3. The lowest BCUT2D eigenvalue weighted by Gasteiger charge is -2.29. The molecule has 0 radical (unpaired) electrons. The van der Waals surface area contributed by atoms with Crippen molar-refractivity contribution in [3.8, 4) is 11.5 Å². The highest BCUT2D eigenvalue weighted by atomic mass is 19.2. The van der Waals surface area contributed by atoms with Gasteiger partial charge < -0.3 is 9.47 Å². The second-order valence-electron chi connectivity index (χ2n) is 6.65. The molecule has 0 amide bonds. The van der Waals surface area contributed by atoms with Crippen molar-refractivity contribution in [3.05, 3.63) is 58.9 Å². The third-order valence-corrected chi connectivity index (χ3v) is 5.19. The van der Waals surface area contributed by atoms with Crippen LogP contribution in [-0.2, 0) is 0 Å². The van der Waals surface area contributed by atoms with Crippen LogP contribution in [0.2, 0.25) is 0 Å². The van der Waals surface area contributed by atoms with E-state index < -0.39 is 11.6 Å². The molecular weight excluding hydrogens is 341 g/mol. The minimum atomic E-state index is -0.940. The normalized spacial score (nSPS) is 20.0. The van der Waals surface area contributed by atoms with Crippen molar-refractivity contribution in [3.63, 3.8) is 0 Å². The molecule has 0 bridgehead atoms. The van der Waals surface area contributed by atoms with Crippen LogP contribution in [0.15, 0.2) is 30.3 Å². The lowest BCUT2D eigenvalue weighted by atomic mass is 9.76. The third kappa shape index (κ3) is 3.67. The minimum Gasteiger partial charge on any atom is -0.494 e. The van der Waals surface area contributed by atoms with Crippen molar-refractivity contribution in [1.29, 1.82) is 0 Å². The first-order valence-corrected chi connectivity index (χ1v) is 8.99. The van der Waals surface area contributed by atoms with Crippen LogP contribution in [0.4, 0.5) is 13.2 Å². The van der Waals surface area contributed by atoms with Crippen LogP contribution in [-0.4, -0.2) is 13.7 Å². The van der Waals surface area contributed by atoms with Crippen LogP contribution in [0.3, 0.4) is 0 Å². The summed E-state index contributed by atoms with van der Waals surface area (Å²) in [6.07, 6.45) is 2.87. The van der Waals surface area contributed by atoms with E-state index in [2.05, 4.69) is 0 Å². The monoisotopic (exact) mass is 364 g/mol. The zero-order valence-corrected chi connectivity index (χ0v) is 15.0. The molecule has 0 saturated heterocycles. The van der Waals surface area contributed by atoms with Gasteiger partial charge in [0.15, 0.2) is 11.6 Å². The zero-order chi connectivity index (χ0) is 18.7. The summed E-state index contributed by atoms with van der Waals surface area (Å²) < 4.78 is 52.8. The maximum Gasteiger partial charge on any atom is 0.200 e. The quantitative estimate of drug-likeness (QED) is 0.652. The molecule has 0 spiro atoms. The molecule has 0 unspecified atom stereocenters. The summed E-state index contributed by atoms with van der Waals surface area (Å²) in [7, 11) is 1.31. The molecule has 26 heavy (non-hydrogen) atoms. The fourth-order valence-corrected chi connectivity index (χ4v) is 3.83. The van der Waals surface area contributed by atoms with E-state index in [-0.39, 0.29) is 23.4 Å². The summed E-state index contributed by atoms with van der Waals surface area (Å²) in [5.74, 6) is -1.56. The summed E-state index contributed by atoms with van der Waals surface area (Å²) in [6.45, 7) is 2.35. The van der Waals surface area contributed by atoms with Gasteiger partial charge in [0, 0.05) is 6.07 Å². The molecule has 2 nitrogen and oxygen atoms in total. The van der Waals surface area contributed by atoms with Crippen LogP contribution in [0, 0.1) is 17.5 Å². The first-order chi connectivity index (χ1) is 12.5. The molecule has 1 aliphatic rings. The molecule has 0 N–H and O–H groups in total. The van der Waals surface area contributed by atoms with Gasteiger partial charge in [0.05, 0.1) is 13.7 Å². The molecule has 2 aromatic carbocycles. The lowest BCUT2D eigenvalue weighted by molar-refractivity contribution is 0.336. The molecule has 140 valence electrons. The van der Waals surface area contributed by atoms with Gasteiger partial charge >= 0.3 is 0 Å². The van der Waals surface area contributed by atoms with Crippen molar-refractivity contribution in [2.75, 3.05) is 13.7 Å². The fraction of sp³-hybridized carbons (Fsp3) is 0.429. The Hall–Kier alpha value is -2.17. The average molecular weight is 364 g/mol. The molecule has 1 aliphatic carbocycles. The van der Waals surface area contributed by atoms with E-state index in [9.17, 15) is 13.2 Å². The van der Waals surface area contributed by atoms with E-state index >= 15 is 0 Å². The van der Waals surface area contributed by atoms with E-state index in [0.717, 1.165) is 12.8 Å². The highest BCUT2D eigenvalue weighted by molar-refractivity contribution is 5.34. The maximum absolute atomic E-state index is 14.4. The van der Waals surface area contributed by atoms with Gasteiger partial charge in [-0.15, -0.1) is 0 Å². The summed E-state index contributed by atoms with van der Waals surface area (Å²) in [6, 6.07) is 8.04. The van der Waals surface area contributed by atoms with Crippen LogP contribution < -0.4 is 9.47 Å². The number of methoxy groups -OCH3 is 1. The largest absolute Gasteiger partial charge is 0.494 e. The Balaban J connectivity index is 1.71. The van der Waals surface area contributed by atoms with Gasteiger partial charge in [0.25, 0.3) is 0 Å². The van der Waals surface area contributed by atoms with Gasteiger partial charge in [-0.2, -0.15) is 4.39 Å². The predicted octanol–water partition coefficient (Wildman–Crippen LogP) is 5.95. The predicted molar refractivity (Wildman–Crippen MR) is 94.4 cm³/mol. The van der Waals surface area contributed by atoms with Crippen LogP contribution in [0.5, 0.6) is 11.5 Å². The molecule has 2 aromatic rings. The van der Waals surface area contributed by atoms with Crippen molar-refractivity contribution in [1.82, 2.24) is 0 Å². The van der Waals surface area contributed by atoms with Gasteiger partial charge in [-0.3, -0.25) is 0 Å². The van der Waals surface area contributed by atoms with Crippen molar-refractivity contribution < 1.29 is 22.6 Å². The van der Waals surface area contributed by atoms with Crippen LogP contribution >= 0.6 is 0 Å². The minimum absolute atomic E-state index is 0.0579. The first kappa shape index (κ1) is 18.6. The second-order valence-corrected chi connectivity index (χ2v) is 6.65. The van der Waals surface area contributed by atoms with Gasteiger partial charge in [0.1, 0.15) is 11.6 Å². The number of benzene rings is 2. The van der Waals surface area contributed by atoms with Gasteiger partial charge in [0.2, 0.25) is 5.82 Å². The summed E-state index contributed by atoms with van der Waals surface area (Å²) >= 11 is 0. The van der Waals surface area contributed by atoms with Crippen LogP contribution in [0.1, 0.15) is 55.6 Å². The van der Waals surface area contributed by atoms with E-state index in [4.69, 9.17) is 9.47 Å². The molecule has 0 aromatic heterocycles. The highest BCUT2D eigenvalue weighted by Gasteiger charge is 2.28. The average Bonchev–Trinajstić information content (AvgIpc) is 2.65. The summed E-state index contributed by atoms with van der Waals surface area (Å²) in [5.41, 5.74) is 1.06. The Labute approximate surface area is 151 Å².